The molecule has 46 heavy (non-hydrogen) atoms. The Kier molecular flexibility index (Phi) is 8.96. The second-order valence-electron chi connectivity index (χ2n) is 11.4. The topological polar surface area (TPSA) is 172 Å². The van der Waals surface area contributed by atoms with E-state index in [9.17, 15) is 37.7 Å². The largest absolute Gasteiger partial charge is 0.493 e. The number of nitrogens with zero attached hydrogens (tertiary/aromatic N) is 6. The quantitative estimate of drug-likeness (QED) is 0.198. The van der Waals surface area contributed by atoms with E-state index in [2.05, 4.69) is 4.98 Å². The van der Waals surface area contributed by atoms with Crippen LogP contribution >= 0.6 is 11.8 Å². The van der Waals surface area contributed by atoms with Gasteiger partial charge < -0.3 is 19.9 Å². The van der Waals surface area contributed by atoms with Gasteiger partial charge in [-0.15, -0.1) is 11.8 Å². The molecule has 248 valence electrons. The number of hydroxylamine groups is 1. The van der Waals surface area contributed by atoms with Gasteiger partial charge in [-0.2, -0.15) is 18.2 Å². The summed E-state index contributed by atoms with van der Waals surface area (Å²) in [4.78, 5) is 61.3. The summed E-state index contributed by atoms with van der Waals surface area (Å²) in [6.07, 6.45) is 0.317. The summed E-state index contributed by atoms with van der Waals surface area (Å²) in [6.45, 7) is 3.32. The number of hydrogen-bond acceptors (Lipinski definition) is 12. The van der Waals surface area contributed by atoms with Crippen LogP contribution in [0.25, 0.3) is 11.1 Å². The Hall–Kier alpha value is -4.32. The Morgan fingerprint density at radius 2 is 1.96 bits per heavy atom. The lowest BCUT2D eigenvalue weighted by Gasteiger charge is -2.41. The maximum absolute atomic E-state index is 14.2. The number of nitrogens with two attached hydrogens (primary N) is 1. The fourth-order valence-electron chi connectivity index (χ4n) is 5.60. The number of non-ortho nitro benzene ring substituents is 1. The number of nitro benzene ring substituents is 1. The van der Waals surface area contributed by atoms with Crippen molar-refractivity contribution in [3.63, 3.8) is 0 Å². The molecule has 0 saturated heterocycles. The first-order valence-corrected chi connectivity index (χ1v) is 15.3. The van der Waals surface area contributed by atoms with Crippen molar-refractivity contribution in [2.75, 3.05) is 23.1 Å². The minimum atomic E-state index is -5.37. The number of halogens is 3. The third kappa shape index (κ3) is 6.22. The van der Waals surface area contributed by atoms with Gasteiger partial charge in [0.15, 0.2) is 22.6 Å². The Bertz CT molecular complexity index is 1820. The summed E-state index contributed by atoms with van der Waals surface area (Å²) in [5.74, 6) is -2.96. The van der Waals surface area contributed by atoms with E-state index in [1.54, 1.807) is 19.9 Å². The van der Waals surface area contributed by atoms with Crippen LogP contribution in [0.5, 0.6) is 0 Å². The third-order valence-corrected chi connectivity index (χ3v) is 9.71. The minimum absolute atomic E-state index is 0.0215. The predicted molar refractivity (Wildman–Crippen MR) is 163 cm³/mol. The molecule has 0 bridgehead atoms. The summed E-state index contributed by atoms with van der Waals surface area (Å²) in [7, 11) is 1.24. The third-order valence-electron chi connectivity index (χ3n) is 7.98. The molecule has 1 aromatic carbocycles. The van der Waals surface area contributed by atoms with Gasteiger partial charge in [0.2, 0.25) is 5.89 Å². The van der Waals surface area contributed by atoms with E-state index in [4.69, 9.17) is 15.0 Å². The highest BCUT2D eigenvalue weighted by Crippen LogP contribution is 2.49. The maximum atomic E-state index is 14.2. The molecular formula is C28H32F3N7O7S. The number of oxazole rings is 1. The molecule has 14 nitrogen and oxygen atoms in total. The Morgan fingerprint density at radius 1 is 1.26 bits per heavy atom. The van der Waals surface area contributed by atoms with Gasteiger partial charge in [-0.1, -0.05) is 30.9 Å². The fourth-order valence-corrected chi connectivity index (χ4v) is 7.22. The molecule has 3 aromatic rings. The zero-order valence-electron chi connectivity index (χ0n) is 25.2. The first-order chi connectivity index (χ1) is 21.7. The van der Waals surface area contributed by atoms with Crippen LogP contribution in [-0.4, -0.2) is 54.5 Å². The van der Waals surface area contributed by atoms with Gasteiger partial charge in [0.05, 0.1) is 4.92 Å². The number of aromatic nitrogens is 3. The number of nitro groups is 1. The van der Waals surface area contributed by atoms with Crippen molar-refractivity contribution in [1.29, 1.82) is 0 Å². The number of hydrogen-bond donors (Lipinski definition) is 1. The summed E-state index contributed by atoms with van der Waals surface area (Å²) in [5.41, 5.74) is 3.92. The van der Waals surface area contributed by atoms with Gasteiger partial charge in [0.1, 0.15) is 12.1 Å². The zero-order valence-corrected chi connectivity index (χ0v) is 26.0. The van der Waals surface area contributed by atoms with Gasteiger partial charge in [-0.3, -0.25) is 19.5 Å². The number of allylic oxidation sites excluding steroid dienone is 1. The highest BCUT2D eigenvalue weighted by molar-refractivity contribution is 8.01. The average molecular weight is 668 g/mol. The molecule has 1 fully saturated rings. The van der Waals surface area contributed by atoms with E-state index in [0.29, 0.717) is 17.9 Å². The van der Waals surface area contributed by atoms with Crippen molar-refractivity contribution < 1.29 is 32.1 Å². The van der Waals surface area contributed by atoms with Crippen LogP contribution in [0.4, 0.5) is 30.4 Å². The summed E-state index contributed by atoms with van der Waals surface area (Å²) >= 11 is 1.20. The number of carbonyl (C=O) groups is 1. The lowest BCUT2D eigenvalue weighted by Crippen LogP contribution is -2.49. The molecule has 1 atom stereocenters. The first-order valence-electron chi connectivity index (χ1n) is 14.4. The van der Waals surface area contributed by atoms with Gasteiger partial charge in [-0.25, -0.2) is 19.1 Å². The molecule has 2 N–H and O–H groups in total. The highest BCUT2D eigenvalue weighted by Gasteiger charge is 2.51. The molecule has 0 spiro atoms. The summed E-state index contributed by atoms with van der Waals surface area (Å²) < 4.78 is 47.4. The fraction of sp³-hybridized carbons (Fsp3) is 0.500. The summed E-state index contributed by atoms with van der Waals surface area (Å²) in [5, 5.41) is 11.9. The Morgan fingerprint density at radius 3 is 2.57 bits per heavy atom. The number of alkyl halides is 3. The van der Waals surface area contributed by atoms with Crippen LogP contribution in [-0.2, 0) is 23.2 Å². The molecule has 0 amide bonds. The number of rotatable bonds is 9. The highest BCUT2D eigenvalue weighted by atomic mass is 32.2. The van der Waals surface area contributed by atoms with E-state index in [1.807, 2.05) is 0 Å². The van der Waals surface area contributed by atoms with Crippen LogP contribution in [0.3, 0.4) is 0 Å². The van der Waals surface area contributed by atoms with Crippen molar-refractivity contribution in [2.24, 2.45) is 12.8 Å². The number of anilines is 2. The lowest BCUT2D eigenvalue weighted by atomic mass is 9.88. The van der Waals surface area contributed by atoms with Crippen LogP contribution < -0.4 is 26.9 Å². The molecule has 0 radical (unpaired) electrons. The monoisotopic (exact) mass is 667 g/mol. The second-order valence-corrected chi connectivity index (χ2v) is 13.0. The molecule has 1 aliphatic heterocycles. The van der Waals surface area contributed by atoms with Crippen molar-refractivity contribution >= 4 is 46.0 Å². The number of fused-ring (bicyclic) bond motifs is 2. The molecule has 1 aliphatic carbocycles. The van der Waals surface area contributed by atoms with Crippen LogP contribution in [0.1, 0.15) is 51.8 Å². The number of thioether (sulfide) groups is 1. The van der Waals surface area contributed by atoms with E-state index in [1.165, 1.54) is 41.9 Å². The molecule has 2 aromatic heterocycles. The molecule has 1 saturated carbocycles. The standard InChI is InChI=1S/C28H32F3N7O7S/c1-16(2)9-12-35-21-22(37(45-24(40)28(29,30)31)26(35)46-27(15-32)10-5-4-6-11-27)34(3)25(41)36(23(21)39)14-20-33-18-13-17(38(42)43)7-8-19(18)44-20/h7-9,13,26H,4-6,10-12,14-15,32H2,1-3H3. The molecule has 5 rings (SSSR count). The first kappa shape index (κ1) is 33.1. The van der Waals surface area contributed by atoms with Crippen LogP contribution in [0, 0.1) is 10.1 Å². The van der Waals surface area contributed by atoms with Gasteiger partial charge >= 0.3 is 17.8 Å². The van der Waals surface area contributed by atoms with Crippen LogP contribution in [0.15, 0.2) is 43.9 Å². The summed E-state index contributed by atoms with van der Waals surface area (Å²) in [6, 6.07) is 3.73. The smallest absolute Gasteiger partial charge is 0.439 e. The zero-order chi connectivity index (χ0) is 33.6. The van der Waals surface area contributed by atoms with Gasteiger partial charge in [-0.05, 0) is 32.8 Å². The molecular weight excluding hydrogens is 635 g/mol. The van der Waals surface area contributed by atoms with Crippen LogP contribution in [0.2, 0.25) is 0 Å². The molecule has 2 aliphatic rings. The predicted octanol–water partition coefficient (Wildman–Crippen LogP) is 3.94. The van der Waals surface area contributed by atoms with Gasteiger partial charge in [0.25, 0.3) is 11.2 Å². The lowest BCUT2D eigenvalue weighted by molar-refractivity contribution is -0.384. The van der Waals surface area contributed by atoms with Crippen molar-refractivity contribution in [2.45, 2.75) is 68.9 Å². The van der Waals surface area contributed by atoms with E-state index in [0.717, 1.165) is 34.0 Å². The van der Waals surface area contributed by atoms with Crippen molar-refractivity contribution in [1.82, 2.24) is 14.1 Å². The maximum Gasteiger partial charge on any atom is 0.493 e. The van der Waals surface area contributed by atoms with E-state index in [-0.39, 0.29) is 47.3 Å². The van der Waals surface area contributed by atoms with Crippen molar-refractivity contribution in [3.8, 4) is 0 Å². The molecule has 1 unspecified atom stereocenters. The Labute approximate surface area is 263 Å². The molecule has 18 heteroatoms. The Balaban J connectivity index is 1.66. The van der Waals surface area contributed by atoms with E-state index < -0.39 is 45.1 Å². The van der Waals surface area contributed by atoms with Gasteiger partial charge in [0, 0.05) is 37.0 Å². The van der Waals surface area contributed by atoms with Crippen molar-refractivity contribution in [3.05, 3.63) is 66.7 Å². The average Bonchev–Trinajstić information content (AvgIpc) is 3.54. The normalized spacial score (nSPS) is 17.7. The molecule has 3 heterocycles. The number of benzene rings is 1. The number of carbonyl (C=O) groups excluding carboxylic acids is 1. The van der Waals surface area contributed by atoms with E-state index >= 15 is 0 Å². The SMILES string of the molecule is CC(C)=CCN1c2c(n(C)c(=O)n(Cc3nc4cc([N+](=O)[O-])ccc4o3)c2=O)N(OC(=O)C(F)(F)F)C1SC1(CN)CCCCC1. The minimum Gasteiger partial charge on any atom is -0.439 e. The second kappa shape index (κ2) is 12.5.